The van der Waals surface area contributed by atoms with Gasteiger partial charge in [-0.3, -0.25) is 23.0 Å². The fraction of sp³-hybridized carbons (Fsp3) is 0.353. The van der Waals surface area contributed by atoms with E-state index in [1.54, 1.807) is 30.3 Å². The molecule has 0 aliphatic heterocycles. The highest BCUT2D eigenvalue weighted by molar-refractivity contribution is 7.85. The van der Waals surface area contributed by atoms with Crippen molar-refractivity contribution in [1.82, 2.24) is 18.7 Å². The normalized spacial score (nSPS) is 12.0. The Morgan fingerprint density at radius 1 is 1.00 bits per heavy atom. The number of hydrogen-bond acceptors (Lipinski definition) is 5. The van der Waals surface area contributed by atoms with Crippen molar-refractivity contribution in [3.05, 3.63) is 51.2 Å². The van der Waals surface area contributed by atoms with Crippen molar-refractivity contribution in [1.29, 1.82) is 0 Å². The first-order chi connectivity index (χ1) is 12.8. The predicted molar refractivity (Wildman–Crippen MR) is 100.0 cm³/mol. The highest BCUT2D eigenvalue weighted by atomic mass is 32.2. The molecule has 0 aliphatic carbocycles. The molecule has 0 atom stereocenters. The molecule has 1 aromatic carbocycles. The summed E-state index contributed by atoms with van der Waals surface area (Å²) in [6.45, 7) is 4.15. The summed E-state index contributed by atoms with van der Waals surface area (Å²) in [5.74, 6) is 0. The summed E-state index contributed by atoms with van der Waals surface area (Å²) in [4.78, 5) is 29.6. The minimum atomic E-state index is -4.74. The Morgan fingerprint density at radius 2 is 1.59 bits per heavy atom. The van der Waals surface area contributed by atoms with Crippen LogP contribution in [0.15, 0.2) is 45.1 Å². The van der Waals surface area contributed by atoms with Crippen LogP contribution < -0.4 is 11.2 Å². The molecule has 9 nitrogen and oxygen atoms in total. The number of rotatable bonds is 6. The van der Waals surface area contributed by atoms with Gasteiger partial charge in [0.1, 0.15) is 0 Å². The molecular weight excluding hydrogens is 372 g/mol. The minimum absolute atomic E-state index is 0.0537. The number of imidazole rings is 1. The summed E-state index contributed by atoms with van der Waals surface area (Å²) in [5.41, 5.74) is -0.963. The minimum Gasteiger partial charge on any atom is -0.279 e. The van der Waals surface area contributed by atoms with Crippen LogP contribution in [0.4, 0.5) is 0 Å². The third-order valence-corrected chi connectivity index (χ3v) is 4.86. The zero-order valence-corrected chi connectivity index (χ0v) is 15.8. The van der Waals surface area contributed by atoms with Crippen molar-refractivity contribution in [2.24, 2.45) is 0 Å². The molecule has 0 unspecified atom stereocenters. The molecule has 0 aliphatic rings. The van der Waals surface area contributed by atoms with Crippen molar-refractivity contribution in [2.75, 3.05) is 0 Å². The summed E-state index contributed by atoms with van der Waals surface area (Å²) in [6, 6.07) is 8.30. The summed E-state index contributed by atoms with van der Waals surface area (Å²) >= 11 is 0. The van der Waals surface area contributed by atoms with E-state index in [-0.39, 0.29) is 24.3 Å². The molecule has 0 saturated heterocycles. The second kappa shape index (κ2) is 7.12. The largest absolute Gasteiger partial charge is 0.332 e. The predicted octanol–water partition coefficient (Wildman–Crippen LogP) is 1.42. The van der Waals surface area contributed by atoms with E-state index in [0.717, 1.165) is 9.13 Å². The number of para-hydroxylation sites is 1. The maximum Gasteiger partial charge on any atom is 0.332 e. The van der Waals surface area contributed by atoms with Crippen LogP contribution in [-0.4, -0.2) is 31.7 Å². The summed E-state index contributed by atoms with van der Waals surface area (Å²) in [7, 11) is -4.74. The van der Waals surface area contributed by atoms with Gasteiger partial charge < -0.3 is 0 Å². The highest BCUT2D eigenvalue weighted by Gasteiger charge is 2.27. The standard InChI is InChI=1S/C17H20N4O5S/c1-3-10-19-14-13(15(22)20(11-4-2)17(19)23)18-16(27(24,25)26)21(14)12-8-6-5-7-9-12/h5-9H,3-4,10-11H2,1-2H3,(H,24,25,26). The lowest BCUT2D eigenvalue weighted by Crippen LogP contribution is -2.40. The molecule has 1 N–H and O–H groups in total. The molecule has 3 aromatic rings. The van der Waals surface area contributed by atoms with Crippen LogP contribution in [-0.2, 0) is 23.2 Å². The third-order valence-electron chi connectivity index (χ3n) is 4.13. The van der Waals surface area contributed by atoms with Gasteiger partial charge in [-0.2, -0.15) is 8.42 Å². The van der Waals surface area contributed by atoms with Gasteiger partial charge in [0.2, 0.25) is 0 Å². The van der Waals surface area contributed by atoms with E-state index >= 15 is 0 Å². The van der Waals surface area contributed by atoms with Crippen LogP contribution in [0.2, 0.25) is 0 Å². The third kappa shape index (κ3) is 3.21. The monoisotopic (exact) mass is 392 g/mol. The molecule has 144 valence electrons. The van der Waals surface area contributed by atoms with Crippen LogP contribution in [0.1, 0.15) is 26.7 Å². The van der Waals surface area contributed by atoms with Gasteiger partial charge in [-0.05, 0) is 25.0 Å². The van der Waals surface area contributed by atoms with Gasteiger partial charge in [-0.15, -0.1) is 0 Å². The van der Waals surface area contributed by atoms with E-state index in [4.69, 9.17) is 0 Å². The number of hydrogen-bond donors (Lipinski definition) is 1. The molecule has 0 fully saturated rings. The average molecular weight is 392 g/mol. The maximum absolute atomic E-state index is 12.9. The topological polar surface area (TPSA) is 116 Å². The van der Waals surface area contributed by atoms with Crippen molar-refractivity contribution in [3.8, 4) is 5.69 Å². The van der Waals surface area contributed by atoms with Crippen molar-refractivity contribution in [3.63, 3.8) is 0 Å². The fourth-order valence-electron chi connectivity index (χ4n) is 3.06. The zero-order valence-electron chi connectivity index (χ0n) is 15.0. The Kier molecular flexibility index (Phi) is 5.03. The molecule has 2 heterocycles. The van der Waals surface area contributed by atoms with Crippen LogP contribution >= 0.6 is 0 Å². The quantitative estimate of drug-likeness (QED) is 0.634. The SMILES string of the molecule is CCCn1c(=O)c2nc(S(=O)(=O)O)n(-c3ccccc3)c2n(CCC)c1=O. The first kappa shape index (κ1) is 19.1. The Labute approximate surface area is 155 Å². The van der Waals surface area contributed by atoms with E-state index in [2.05, 4.69) is 4.98 Å². The van der Waals surface area contributed by atoms with Gasteiger partial charge in [0.25, 0.3) is 10.7 Å². The Morgan fingerprint density at radius 3 is 2.15 bits per heavy atom. The van der Waals surface area contributed by atoms with Gasteiger partial charge >= 0.3 is 15.8 Å². The van der Waals surface area contributed by atoms with Gasteiger partial charge in [-0.1, -0.05) is 32.0 Å². The highest BCUT2D eigenvalue weighted by Crippen LogP contribution is 2.22. The van der Waals surface area contributed by atoms with Crippen LogP contribution in [0.3, 0.4) is 0 Å². The maximum atomic E-state index is 12.9. The van der Waals surface area contributed by atoms with Gasteiger partial charge in [0.05, 0.1) is 0 Å². The van der Waals surface area contributed by atoms with E-state index in [1.165, 1.54) is 4.57 Å². The first-order valence-electron chi connectivity index (χ1n) is 8.60. The molecule has 0 radical (unpaired) electrons. The zero-order chi connectivity index (χ0) is 19.8. The number of aromatic nitrogens is 4. The number of nitrogens with zero attached hydrogens (tertiary/aromatic N) is 4. The molecule has 27 heavy (non-hydrogen) atoms. The molecule has 3 rings (SSSR count). The molecule has 0 amide bonds. The van der Waals surface area contributed by atoms with Gasteiger partial charge in [0.15, 0.2) is 11.2 Å². The van der Waals surface area contributed by atoms with E-state index in [9.17, 15) is 22.6 Å². The summed E-state index contributed by atoms with van der Waals surface area (Å²) < 4.78 is 37.1. The lowest BCUT2D eigenvalue weighted by atomic mass is 10.3. The van der Waals surface area contributed by atoms with Crippen LogP contribution in [0, 0.1) is 0 Å². The Hall–Kier alpha value is -2.72. The number of aryl methyl sites for hydroxylation is 1. The van der Waals surface area contributed by atoms with Crippen molar-refractivity contribution in [2.45, 2.75) is 44.9 Å². The second-order valence-electron chi connectivity index (χ2n) is 6.10. The fourth-order valence-corrected chi connectivity index (χ4v) is 3.69. The lowest BCUT2D eigenvalue weighted by Gasteiger charge is -2.14. The Balaban J connectivity index is 2.60. The second-order valence-corrected chi connectivity index (χ2v) is 7.42. The van der Waals surface area contributed by atoms with E-state index < -0.39 is 26.5 Å². The summed E-state index contributed by atoms with van der Waals surface area (Å²) in [5, 5.41) is -0.695. The lowest BCUT2D eigenvalue weighted by molar-refractivity contribution is 0.472. The van der Waals surface area contributed by atoms with Gasteiger partial charge in [0, 0.05) is 18.8 Å². The molecule has 0 bridgehead atoms. The van der Waals surface area contributed by atoms with Crippen LogP contribution in [0.5, 0.6) is 0 Å². The number of fused-ring (bicyclic) bond motifs is 1. The van der Waals surface area contributed by atoms with E-state index in [0.29, 0.717) is 18.5 Å². The van der Waals surface area contributed by atoms with Crippen LogP contribution in [0.25, 0.3) is 16.9 Å². The number of benzene rings is 1. The van der Waals surface area contributed by atoms with E-state index in [1.807, 2.05) is 13.8 Å². The molecule has 0 saturated carbocycles. The Bertz CT molecular complexity index is 1210. The molecule has 10 heteroatoms. The average Bonchev–Trinajstić information content (AvgIpc) is 3.04. The van der Waals surface area contributed by atoms with Crippen molar-refractivity contribution >= 4 is 21.3 Å². The van der Waals surface area contributed by atoms with Crippen molar-refractivity contribution < 1.29 is 13.0 Å². The molecule has 0 spiro atoms. The van der Waals surface area contributed by atoms with Gasteiger partial charge in [-0.25, -0.2) is 9.78 Å². The molecular formula is C17H20N4O5S. The smallest absolute Gasteiger partial charge is 0.279 e. The molecule has 2 aromatic heterocycles. The summed E-state index contributed by atoms with van der Waals surface area (Å²) in [6.07, 6.45) is 1.14. The first-order valence-corrected chi connectivity index (χ1v) is 10.0.